The van der Waals surface area contributed by atoms with Crippen LogP contribution in [0.3, 0.4) is 0 Å². The van der Waals surface area contributed by atoms with E-state index in [1.165, 1.54) is 19.2 Å². The second kappa shape index (κ2) is 6.36. The zero-order valence-electron chi connectivity index (χ0n) is 12.6. The molecular formula is C14H13F2NO5S2. The van der Waals surface area contributed by atoms with Crippen LogP contribution in [-0.2, 0) is 19.9 Å². The Morgan fingerprint density at radius 1 is 0.958 bits per heavy atom. The van der Waals surface area contributed by atoms with Crippen LogP contribution in [0.2, 0.25) is 0 Å². The Labute approximate surface area is 138 Å². The van der Waals surface area contributed by atoms with Crippen molar-refractivity contribution in [3.63, 3.8) is 0 Å². The quantitative estimate of drug-likeness (QED) is 0.863. The van der Waals surface area contributed by atoms with Crippen LogP contribution in [0.4, 0.5) is 14.5 Å². The van der Waals surface area contributed by atoms with Gasteiger partial charge in [-0.15, -0.1) is 0 Å². The highest BCUT2D eigenvalue weighted by molar-refractivity contribution is 7.93. The molecule has 0 bridgehead atoms. The van der Waals surface area contributed by atoms with Gasteiger partial charge in [0.15, 0.2) is 21.5 Å². The lowest BCUT2D eigenvalue weighted by Crippen LogP contribution is -2.15. The van der Waals surface area contributed by atoms with Crippen molar-refractivity contribution < 1.29 is 30.4 Å². The molecular weight excluding hydrogens is 364 g/mol. The van der Waals surface area contributed by atoms with Gasteiger partial charge in [0, 0.05) is 12.3 Å². The number of anilines is 1. The minimum atomic E-state index is -4.30. The van der Waals surface area contributed by atoms with Crippen molar-refractivity contribution in [2.24, 2.45) is 0 Å². The first-order valence-electron chi connectivity index (χ1n) is 6.40. The van der Waals surface area contributed by atoms with Gasteiger partial charge >= 0.3 is 0 Å². The zero-order valence-corrected chi connectivity index (χ0v) is 14.2. The highest BCUT2D eigenvalue weighted by atomic mass is 32.2. The normalized spacial score (nSPS) is 12.0. The minimum absolute atomic E-state index is 0.0996. The molecule has 130 valence electrons. The van der Waals surface area contributed by atoms with E-state index in [4.69, 9.17) is 4.74 Å². The molecule has 0 aliphatic rings. The highest BCUT2D eigenvalue weighted by Crippen LogP contribution is 2.28. The molecule has 6 nitrogen and oxygen atoms in total. The number of hydrogen-bond donors (Lipinski definition) is 1. The summed E-state index contributed by atoms with van der Waals surface area (Å²) in [5, 5.41) is 0. The largest absolute Gasteiger partial charge is 0.495 e. The molecule has 2 aromatic rings. The van der Waals surface area contributed by atoms with E-state index in [1.54, 1.807) is 0 Å². The summed E-state index contributed by atoms with van der Waals surface area (Å²) in [6.45, 7) is 0. The summed E-state index contributed by atoms with van der Waals surface area (Å²) >= 11 is 0. The van der Waals surface area contributed by atoms with Crippen LogP contribution in [0.1, 0.15) is 0 Å². The van der Waals surface area contributed by atoms with Gasteiger partial charge in [-0.25, -0.2) is 25.6 Å². The first kappa shape index (κ1) is 18.1. The Balaban J connectivity index is 2.53. The lowest BCUT2D eigenvalue weighted by atomic mass is 10.3. The van der Waals surface area contributed by atoms with E-state index in [-0.39, 0.29) is 16.3 Å². The SMILES string of the molecule is COc1ccc(S(C)(=O)=O)cc1S(=O)(=O)Nc1ccc(F)c(F)c1. The first-order valence-corrected chi connectivity index (χ1v) is 9.78. The number of sulfone groups is 1. The predicted octanol–water partition coefficient (Wildman–Crippen LogP) is 2.18. The summed E-state index contributed by atoms with van der Waals surface area (Å²) in [7, 11) is -6.74. The van der Waals surface area contributed by atoms with Crippen molar-refractivity contribution in [3.8, 4) is 5.75 Å². The smallest absolute Gasteiger partial charge is 0.265 e. The Kier molecular flexibility index (Phi) is 4.81. The number of benzene rings is 2. The molecule has 0 saturated heterocycles. The number of halogens is 2. The number of ether oxygens (including phenoxy) is 1. The van der Waals surface area contributed by atoms with Crippen LogP contribution in [0, 0.1) is 11.6 Å². The van der Waals surface area contributed by atoms with E-state index in [2.05, 4.69) is 0 Å². The molecule has 0 aromatic heterocycles. The molecule has 2 aromatic carbocycles. The van der Waals surface area contributed by atoms with Crippen LogP contribution in [0.5, 0.6) is 5.75 Å². The summed E-state index contributed by atoms with van der Waals surface area (Å²) in [6.07, 6.45) is 0.925. The zero-order chi connectivity index (χ0) is 18.1. The molecule has 2 rings (SSSR count). The lowest BCUT2D eigenvalue weighted by molar-refractivity contribution is 0.402. The number of methoxy groups -OCH3 is 1. The molecule has 0 amide bonds. The van der Waals surface area contributed by atoms with Crippen molar-refractivity contribution in [1.29, 1.82) is 0 Å². The van der Waals surface area contributed by atoms with Crippen LogP contribution >= 0.6 is 0 Å². The van der Waals surface area contributed by atoms with Crippen molar-refractivity contribution in [1.82, 2.24) is 0 Å². The van der Waals surface area contributed by atoms with E-state index < -0.39 is 36.4 Å². The van der Waals surface area contributed by atoms with Gasteiger partial charge in [0.2, 0.25) is 0 Å². The topological polar surface area (TPSA) is 89.5 Å². The predicted molar refractivity (Wildman–Crippen MR) is 83.3 cm³/mol. The third-order valence-corrected chi connectivity index (χ3v) is 5.54. The van der Waals surface area contributed by atoms with Gasteiger partial charge in [-0.1, -0.05) is 0 Å². The Morgan fingerprint density at radius 3 is 2.17 bits per heavy atom. The fourth-order valence-corrected chi connectivity index (χ4v) is 3.83. The molecule has 0 saturated carbocycles. The lowest BCUT2D eigenvalue weighted by Gasteiger charge is -2.13. The summed E-state index contributed by atoms with van der Waals surface area (Å²) in [4.78, 5) is -0.674. The maximum Gasteiger partial charge on any atom is 0.265 e. The van der Waals surface area contributed by atoms with E-state index in [0.717, 1.165) is 24.5 Å². The second-order valence-electron chi connectivity index (χ2n) is 4.82. The van der Waals surface area contributed by atoms with Gasteiger partial charge in [0.1, 0.15) is 10.6 Å². The van der Waals surface area contributed by atoms with E-state index in [1.807, 2.05) is 4.72 Å². The summed E-state index contributed by atoms with van der Waals surface area (Å²) < 4.78 is 81.2. The molecule has 10 heteroatoms. The molecule has 0 spiro atoms. The fraction of sp³-hybridized carbons (Fsp3) is 0.143. The number of hydrogen-bond acceptors (Lipinski definition) is 5. The van der Waals surface area contributed by atoms with Crippen LogP contribution < -0.4 is 9.46 Å². The van der Waals surface area contributed by atoms with Gasteiger partial charge in [0.25, 0.3) is 10.0 Å². The Bertz CT molecular complexity index is 988. The van der Waals surface area contributed by atoms with Crippen molar-refractivity contribution in [2.75, 3.05) is 18.1 Å². The van der Waals surface area contributed by atoms with Crippen LogP contribution in [0.25, 0.3) is 0 Å². The molecule has 0 heterocycles. The maximum atomic E-state index is 13.2. The third-order valence-electron chi connectivity index (χ3n) is 3.02. The van der Waals surface area contributed by atoms with Crippen LogP contribution in [-0.4, -0.2) is 30.2 Å². The third kappa shape index (κ3) is 3.82. The molecule has 0 fully saturated rings. The molecule has 1 N–H and O–H groups in total. The van der Waals surface area contributed by atoms with Crippen LogP contribution in [0.15, 0.2) is 46.2 Å². The standard InChI is InChI=1S/C14H13F2NO5S2/c1-22-13-6-4-10(23(2,18)19)8-14(13)24(20,21)17-9-3-5-11(15)12(16)7-9/h3-8,17H,1-2H3. The Hall–Kier alpha value is -2.20. The molecule has 0 atom stereocenters. The summed E-state index contributed by atoms with van der Waals surface area (Å²) in [6, 6.07) is 5.78. The second-order valence-corrected chi connectivity index (χ2v) is 8.49. The van der Waals surface area contributed by atoms with Gasteiger partial charge in [0.05, 0.1) is 17.7 Å². The van der Waals surface area contributed by atoms with Crippen molar-refractivity contribution >= 4 is 25.5 Å². The Morgan fingerprint density at radius 2 is 1.62 bits per heavy atom. The molecule has 0 unspecified atom stereocenters. The average molecular weight is 377 g/mol. The fourth-order valence-electron chi connectivity index (χ4n) is 1.87. The molecule has 0 radical (unpaired) electrons. The van der Waals surface area contributed by atoms with Gasteiger partial charge in [-0.05, 0) is 30.3 Å². The first-order chi connectivity index (χ1) is 11.0. The molecule has 0 aliphatic heterocycles. The monoisotopic (exact) mass is 377 g/mol. The van der Waals surface area contributed by atoms with Crippen molar-refractivity contribution in [2.45, 2.75) is 9.79 Å². The van der Waals surface area contributed by atoms with Gasteiger partial charge in [-0.2, -0.15) is 0 Å². The minimum Gasteiger partial charge on any atom is -0.495 e. The average Bonchev–Trinajstić information content (AvgIpc) is 2.49. The van der Waals surface area contributed by atoms with Crippen molar-refractivity contribution in [3.05, 3.63) is 48.0 Å². The number of sulfonamides is 1. The molecule has 24 heavy (non-hydrogen) atoms. The maximum absolute atomic E-state index is 13.2. The summed E-state index contributed by atoms with van der Waals surface area (Å²) in [5.74, 6) is -2.46. The molecule has 0 aliphatic carbocycles. The van der Waals surface area contributed by atoms with E-state index >= 15 is 0 Å². The number of nitrogens with one attached hydrogen (secondary N) is 1. The van der Waals surface area contributed by atoms with Gasteiger partial charge < -0.3 is 4.74 Å². The van der Waals surface area contributed by atoms with E-state index in [0.29, 0.717) is 6.07 Å². The highest BCUT2D eigenvalue weighted by Gasteiger charge is 2.23. The summed E-state index contributed by atoms with van der Waals surface area (Å²) in [5.41, 5.74) is -0.222. The van der Waals surface area contributed by atoms with E-state index in [9.17, 15) is 25.6 Å². The number of rotatable bonds is 5. The van der Waals surface area contributed by atoms with Gasteiger partial charge in [-0.3, -0.25) is 4.72 Å².